The van der Waals surface area contributed by atoms with Gasteiger partial charge in [0.15, 0.2) is 11.5 Å². The number of methoxy groups -OCH3 is 1. The first-order chi connectivity index (χ1) is 15.3. The summed E-state index contributed by atoms with van der Waals surface area (Å²) in [6.07, 6.45) is -2.46. The van der Waals surface area contributed by atoms with Gasteiger partial charge in [-0.15, -0.1) is 35.0 Å². The van der Waals surface area contributed by atoms with Gasteiger partial charge in [0.1, 0.15) is 23.0 Å². The molecule has 0 radical (unpaired) electrons. The minimum absolute atomic E-state index is 0. The zero-order chi connectivity index (χ0) is 22.5. The van der Waals surface area contributed by atoms with Crippen molar-refractivity contribution in [3.05, 3.63) is 54.2 Å². The first-order valence-corrected chi connectivity index (χ1v) is 10.2. The van der Waals surface area contributed by atoms with Gasteiger partial charge in [-0.25, -0.2) is 4.98 Å². The molecule has 1 aliphatic heterocycles. The Balaban J connectivity index is 0.00000162. The number of para-hydroxylation sites is 1. The van der Waals surface area contributed by atoms with E-state index >= 15 is 0 Å². The molecule has 0 aliphatic carbocycles. The Morgan fingerprint density at radius 1 is 1.09 bits per heavy atom. The van der Waals surface area contributed by atoms with Gasteiger partial charge >= 0.3 is 6.18 Å². The van der Waals surface area contributed by atoms with Crippen molar-refractivity contribution in [3.63, 3.8) is 0 Å². The second-order valence-electron chi connectivity index (χ2n) is 7.93. The second kappa shape index (κ2) is 9.91. The van der Waals surface area contributed by atoms with Crippen LogP contribution in [0.1, 0.15) is 18.0 Å². The van der Waals surface area contributed by atoms with Crippen LogP contribution >= 0.6 is 24.8 Å². The number of alkyl halides is 3. The van der Waals surface area contributed by atoms with Crippen LogP contribution in [0.25, 0.3) is 28.1 Å². The number of pyridine rings is 2. The number of ether oxygens (including phenoxy) is 1. The number of likely N-dealkylation sites (tertiary alicyclic amines) is 1. The van der Waals surface area contributed by atoms with Crippen LogP contribution in [0.4, 0.5) is 13.2 Å². The highest BCUT2D eigenvalue weighted by atomic mass is 35.5. The van der Waals surface area contributed by atoms with Gasteiger partial charge in [-0.1, -0.05) is 24.3 Å². The largest absolute Gasteiger partial charge is 0.494 e. The molecular weight excluding hydrogens is 492 g/mol. The fraction of sp³-hybridized carbons (Fsp3) is 0.318. The number of aromatic nitrogens is 4. The van der Waals surface area contributed by atoms with Crippen molar-refractivity contribution in [1.82, 2.24) is 24.5 Å². The fourth-order valence-electron chi connectivity index (χ4n) is 4.31. The molecule has 5 rings (SSSR count). The van der Waals surface area contributed by atoms with Gasteiger partial charge in [-0.2, -0.15) is 13.2 Å². The molecule has 2 N–H and O–H groups in total. The van der Waals surface area contributed by atoms with Gasteiger partial charge in [0, 0.05) is 30.7 Å². The molecule has 12 heteroatoms. The quantitative estimate of drug-likeness (QED) is 0.433. The van der Waals surface area contributed by atoms with Crippen LogP contribution in [0.3, 0.4) is 0 Å². The number of fused-ring (bicyclic) bond motifs is 2. The third kappa shape index (κ3) is 4.63. The van der Waals surface area contributed by atoms with Gasteiger partial charge in [0.05, 0.1) is 7.11 Å². The Bertz CT molecular complexity index is 1300. The highest BCUT2D eigenvalue weighted by Gasteiger charge is 2.46. The number of rotatable bonds is 4. The molecule has 4 aromatic rings. The van der Waals surface area contributed by atoms with Crippen LogP contribution in [-0.2, 0) is 0 Å². The highest BCUT2D eigenvalue weighted by Crippen LogP contribution is 2.39. The van der Waals surface area contributed by atoms with E-state index in [2.05, 4.69) is 15.2 Å². The minimum Gasteiger partial charge on any atom is -0.494 e. The molecule has 1 fully saturated rings. The van der Waals surface area contributed by atoms with E-state index in [0.717, 1.165) is 5.39 Å². The van der Waals surface area contributed by atoms with Crippen LogP contribution < -0.4 is 10.5 Å². The van der Waals surface area contributed by atoms with E-state index in [1.165, 1.54) is 17.2 Å². The van der Waals surface area contributed by atoms with Gasteiger partial charge in [0.25, 0.3) is 0 Å². The Morgan fingerprint density at radius 2 is 1.88 bits per heavy atom. The smallest absolute Gasteiger partial charge is 0.408 e. The lowest BCUT2D eigenvalue weighted by Gasteiger charge is -2.30. The van der Waals surface area contributed by atoms with Crippen molar-refractivity contribution in [2.45, 2.75) is 24.7 Å². The lowest BCUT2D eigenvalue weighted by atomic mass is 10.1. The number of halogens is 5. The predicted octanol–water partition coefficient (Wildman–Crippen LogP) is 4.43. The third-order valence-corrected chi connectivity index (χ3v) is 5.80. The first kappa shape index (κ1) is 26.0. The summed E-state index contributed by atoms with van der Waals surface area (Å²) in [5, 5.41) is 9.19. The molecule has 182 valence electrons. The molecule has 0 spiro atoms. The molecule has 4 heterocycles. The van der Waals surface area contributed by atoms with E-state index in [-0.39, 0.29) is 43.0 Å². The van der Waals surface area contributed by atoms with Crippen molar-refractivity contribution in [3.8, 4) is 17.3 Å². The normalized spacial score (nSPS) is 17.4. The molecule has 34 heavy (non-hydrogen) atoms. The molecule has 0 bridgehead atoms. The summed E-state index contributed by atoms with van der Waals surface area (Å²) < 4.78 is 49.1. The van der Waals surface area contributed by atoms with Crippen LogP contribution in [0.15, 0.2) is 48.7 Å². The number of nitrogens with two attached hydrogens (primary N) is 1. The second-order valence-corrected chi connectivity index (χ2v) is 7.93. The van der Waals surface area contributed by atoms with Gasteiger partial charge in [-0.05, 0) is 30.2 Å². The van der Waals surface area contributed by atoms with Crippen molar-refractivity contribution in [1.29, 1.82) is 0 Å². The molecule has 1 unspecified atom stereocenters. The maximum atomic E-state index is 14.0. The van der Waals surface area contributed by atoms with Crippen LogP contribution in [0.2, 0.25) is 0 Å². The molecule has 7 nitrogen and oxygen atoms in total. The van der Waals surface area contributed by atoms with E-state index in [9.17, 15) is 13.2 Å². The molecule has 2 atom stereocenters. The van der Waals surface area contributed by atoms with E-state index < -0.39 is 12.2 Å². The fourth-order valence-corrected chi connectivity index (χ4v) is 4.31. The lowest BCUT2D eigenvalue weighted by Crippen LogP contribution is -2.38. The molecule has 1 saturated heterocycles. The first-order valence-electron chi connectivity index (χ1n) is 10.2. The molecular formula is C22H23Cl2F3N6O. The van der Waals surface area contributed by atoms with Crippen molar-refractivity contribution in [2.24, 2.45) is 5.73 Å². The van der Waals surface area contributed by atoms with Crippen molar-refractivity contribution >= 4 is 41.4 Å². The summed E-state index contributed by atoms with van der Waals surface area (Å²) >= 11 is 0. The molecule has 0 amide bonds. The van der Waals surface area contributed by atoms with E-state index in [1.54, 1.807) is 29.7 Å². The Kier molecular flexibility index (Phi) is 7.56. The van der Waals surface area contributed by atoms with E-state index in [0.29, 0.717) is 41.4 Å². The molecule has 1 aromatic carbocycles. The summed E-state index contributed by atoms with van der Waals surface area (Å²) in [7, 11) is 1.56. The minimum atomic E-state index is -4.44. The highest BCUT2D eigenvalue weighted by molar-refractivity contribution is 5.86. The summed E-state index contributed by atoms with van der Waals surface area (Å²) in [4.78, 5) is 6.04. The van der Waals surface area contributed by atoms with Crippen molar-refractivity contribution in [2.75, 3.05) is 20.2 Å². The summed E-state index contributed by atoms with van der Waals surface area (Å²) in [5.74, 6) is 0.954. The van der Waals surface area contributed by atoms with E-state index in [1.807, 2.05) is 18.2 Å². The monoisotopic (exact) mass is 514 g/mol. The van der Waals surface area contributed by atoms with Gasteiger partial charge in [-0.3, -0.25) is 9.30 Å². The number of hydrogen-bond acceptors (Lipinski definition) is 6. The lowest BCUT2D eigenvalue weighted by molar-refractivity contribution is -0.183. The summed E-state index contributed by atoms with van der Waals surface area (Å²) in [5.41, 5.74) is 7.54. The topological polar surface area (TPSA) is 81.6 Å². The van der Waals surface area contributed by atoms with E-state index in [4.69, 9.17) is 10.5 Å². The number of hydrogen-bond donors (Lipinski definition) is 1. The maximum absolute atomic E-state index is 14.0. The Labute approximate surface area is 205 Å². The average Bonchev–Trinajstić information content (AvgIpc) is 3.38. The van der Waals surface area contributed by atoms with Crippen LogP contribution in [0, 0.1) is 0 Å². The van der Waals surface area contributed by atoms with Crippen molar-refractivity contribution < 1.29 is 17.9 Å². The summed E-state index contributed by atoms with van der Waals surface area (Å²) in [6, 6.07) is 10.2. The SMILES string of the molecule is COc1cccc2ccc(-c3nnc4ccc(C(N5CC[C@H](N)C5)C(F)(F)F)cn34)nc12.Cl.Cl. The standard InChI is InChI=1S/C22H21F3N6O.2ClH/c1-32-17-4-2-3-13-5-7-16(27-19(13)17)21-29-28-18-8-6-14(11-31(18)21)20(22(23,24)25)30-10-9-15(26)12-30;;/h2-8,11,15,20H,9-10,12,26H2,1H3;2*1H/t15-,20?;;/m0../s1. The van der Waals surface area contributed by atoms with Crippen LogP contribution in [-0.4, -0.2) is 56.9 Å². The predicted molar refractivity (Wildman–Crippen MR) is 128 cm³/mol. The summed E-state index contributed by atoms with van der Waals surface area (Å²) in [6.45, 7) is 0.494. The zero-order valence-corrected chi connectivity index (χ0v) is 19.7. The maximum Gasteiger partial charge on any atom is 0.408 e. The number of nitrogens with zero attached hydrogens (tertiary/aromatic N) is 5. The molecule has 3 aromatic heterocycles. The van der Waals surface area contributed by atoms with Gasteiger partial charge in [0.2, 0.25) is 0 Å². The Morgan fingerprint density at radius 3 is 2.56 bits per heavy atom. The average molecular weight is 515 g/mol. The Hall–Kier alpha value is -2.66. The molecule has 0 saturated carbocycles. The van der Waals surface area contributed by atoms with Gasteiger partial charge < -0.3 is 10.5 Å². The number of benzene rings is 1. The van der Waals surface area contributed by atoms with Crippen LogP contribution in [0.5, 0.6) is 5.75 Å². The zero-order valence-electron chi connectivity index (χ0n) is 18.1. The third-order valence-electron chi connectivity index (χ3n) is 5.80. The molecule has 1 aliphatic rings.